The number of hydrogen-bond acceptors (Lipinski definition) is 4. The monoisotopic (exact) mass is 311 g/mol. The van der Waals surface area contributed by atoms with Crippen molar-refractivity contribution in [3.63, 3.8) is 0 Å². The quantitative estimate of drug-likeness (QED) is 0.694. The van der Waals surface area contributed by atoms with Crippen LogP contribution in [0.4, 0.5) is 0 Å². The summed E-state index contributed by atoms with van der Waals surface area (Å²) in [7, 11) is 0. The summed E-state index contributed by atoms with van der Waals surface area (Å²) in [5, 5.41) is 3.15. The summed E-state index contributed by atoms with van der Waals surface area (Å²) < 4.78 is 5.70. The number of carbonyl (C=O) groups excluding carboxylic acids is 1. The van der Waals surface area contributed by atoms with E-state index in [9.17, 15) is 4.79 Å². The van der Waals surface area contributed by atoms with Gasteiger partial charge in [0.1, 0.15) is 5.54 Å². The number of ether oxygens (including phenoxy) is 1. The van der Waals surface area contributed by atoms with E-state index in [1.807, 2.05) is 20.8 Å². The van der Waals surface area contributed by atoms with Crippen molar-refractivity contribution in [3.8, 4) is 0 Å². The fourth-order valence-electron chi connectivity index (χ4n) is 4.02. The highest BCUT2D eigenvalue weighted by Gasteiger charge is 2.63. The zero-order valence-electron chi connectivity index (χ0n) is 14.4. The second-order valence-corrected chi connectivity index (χ2v) is 7.55. The highest BCUT2D eigenvalue weighted by atomic mass is 16.5. The van der Waals surface area contributed by atoms with Gasteiger partial charge in [-0.1, -0.05) is 33.1 Å². The van der Waals surface area contributed by atoms with Crippen LogP contribution in [0, 0.1) is 11.3 Å². The molecule has 128 valence electrons. The van der Waals surface area contributed by atoms with Gasteiger partial charge in [0, 0.05) is 31.0 Å². The highest BCUT2D eigenvalue weighted by Crippen LogP contribution is 2.50. The summed E-state index contributed by atoms with van der Waals surface area (Å²) in [5.74, 6) is 0.437. The van der Waals surface area contributed by atoms with Crippen LogP contribution in [-0.2, 0) is 9.53 Å². The third kappa shape index (κ3) is 3.03. The van der Waals surface area contributed by atoms with Crippen LogP contribution in [-0.4, -0.2) is 36.7 Å². The molecule has 5 N–H and O–H groups in total. The van der Waals surface area contributed by atoms with Gasteiger partial charge in [0.15, 0.2) is 0 Å². The Morgan fingerprint density at radius 1 is 1.32 bits per heavy atom. The summed E-state index contributed by atoms with van der Waals surface area (Å²) >= 11 is 0. The SMILES string of the molecule is CCOC1CC(N)(C(=O)NC(CN)C2CCCCC2)C1(C)C. The topological polar surface area (TPSA) is 90.4 Å². The van der Waals surface area contributed by atoms with Crippen LogP contribution in [0.15, 0.2) is 0 Å². The van der Waals surface area contributed by atoms with E-state index in [1.165, 1.54) is 19.3 Å². The van der Waals surface area contributed by atoms with Crippen LogP contribution in [0.5, 0.6) is 0 Å². The average Bonchev–Trinajstić information content (AvgIpc) is 2.52. The Morgan fingerprint density at radius 2 is 1.95 bits per heavy atom. The molecule has 2 aliphatic rings. The van der Waals surface area contributed by atoms with Gasteiger partial charge in [-0.05, 0) is 25.7 Å². The minimum absolute atomic E-state index is 0.0511. The third-order valence-corrected chi connectivity index (χ3v) is 6.02. The minimum Gasteiger partial charge on any atom is -0.378 e. The first-order valence-electron chi connectivity index (χ1n) is 8.78. The Labute approximate surface area is 134 Å². The number of carbonyl (C=O) groups is 1. The second-order valence-electron chi connectivity index (χ2n) is 7.55. The standard InChI is InChI=1S/C17H33N3O2/c1-4-22-14-10-17(19,16(14,2)3)15(21)20-13(11-18)12-8-6-5-7-9-12/h12-14H,4-11,18-19H2,1-3H3,(H,20,21). The van der Waals surface area contributed by atoms with E-state index in [1.54, 1.807) is 0 Å². The first-order valence-corrected chi connectivity index (χ1v) is 8.78. The van der Waals surface area contributed by atoms with Gasteiger partial charge in [0.2, 0.25) is 5.91 Å². The maximum atomic E-state index is 12.8. The van der Waals surface area contributed by atoms with Crippen LogP contribution in [0.1, 0.15) is 59.3 Å². The molecule has 3 atom stereocenters. The number of nitrogens with two attached hydrogens (primary N) is 2. The van der Waals surface area contributed by atoms with Crippen molar-refractivity contribution in [2.45, 2.75) is 77.0 Å². The molecule has 0 spiro atoms. The largest absolute Gasteiger partial charge is 0.378 e. The van der Waals surface area contributed by atoms with Gasteiger partial charge in [-0.3, -0.25) is 4.79 Å². The van der Waals surface area contributed by atoms with Gasteiger partial charge in [-0.2, -0.15) is 0 Å². The van der Waals surface area contributed by atoms with Crippen molar-refractivity contribution in [2.75, 3.05) is 13.2 Å². The van der Waals surface area contributed by atoms with Gasteiger partial charge < -0.3 is 21.5 Å². The van der Waals surface area contributed by atoms with E-state index < -0.39 is 5.54 Å². The van der Waals surface area contributed by atoms with Crippen molar-refractivity contribution >= 4 is 5.91 Å². The molecule has 3 unspecified atom stereocenters. The van der Waals surface area contributed by atoms with Crippen molar-refractivity contribution < 1.29 is 9.53 Å². The van der Waals surface area contributed by atoms with Crippen LogP contribution in [0.25, 0.3) is 0 Å². The minimum atomic E-state index is -0.852. The summed E-state index contributed by atoms with van der Waals surface area (Å²) in [6.45, 7) is 7.16. The highest BCUT2D eigenvalue weighted by molar-refractivity contribution is 5.89. The molecule has 0 aromatic carbocycles. The van der Waals surface area contributed by atoms with Crippen molar-refractivity contribution in [2.24, 2.45) is 22.8 Å². The van der Waals surface area contributed by atoms with E-state index in [2.05, 4.69) is 5.32 Å². The maximum absolute atomic E-state index is 12.8. The molecule has 0 aromatic rings. The molecule has 2 saturated carbocycles. The van der Waals surface area contributed by atoms with Gasteiger partial charge in [0.25, 0.3) is 0 Å². The van der Waals surface area contributed by atoms with Gasteiger partial charge in [-0.25, -0.2) is 0 Å². The summed E-state index contributed by atoms with van der Waals surface area (Å²) in [4.78, 5) is 12.8. The van der Waals surface area contributed by atoms with E-state index in [4.69, 9.17) is 16.2 Å². The molecule has 0 saturated heterocycles. The molecule has 1 amide bonds. The van der Waals surface area contributed by atoms with E-state index in [-0.39, 0.29) is 23.5 Å². The van der Waals surface area contributed by atoms with E-state index >= 15 is 0 Å². The molecule has 5 heteroatoms. The zero-order chi connectivity index (χ0) is 16.4. The Hall–Kier alpha value is -0.650. The number of rotatable bonds is 6. The first-order chi connectivity index (χ1) is 10.4. The average molecular weight is 311 g/mol. The maximum Gasteiger partial charge on any atom is 0.241 e. The van der Waals surface area contributed by atoms with Crippen LogP contribution < -0.4 is 16.8 Å². The van der Waals surface area contributed by atoms with Crippen LogP contribution >= 0.6 is 0 Å². The molecule has 5 nitrogen and oxygen atoms in total. The Balaban J connectivity index is 1.98. The van der Waals surface area contributed by atoms with Crippen LogP contribution in [0.2, 0.25) is 0 Å². The summed E-state index contributed by atoms with van der Waals surface area (Å²) in [6, 6.07) is 0.0511. The number of amides is 1. The Kier molecular flexibility index (Phi) is 5.51. The summed E-state index contributed by atoms with van der Waals surface area (Å²) in [5.41, 5.74) is 11.2. The lowest BCUT2D eigenvalue weighted by atomic mass is 9.54. The molecular formula is C17H33N3O2. The molecule has 2 fully saturated rings. The van der Waals surface area contributed by atoms with Gasteiger partial charge in [0.05, 0.1) is 6.10 Å². The third-order valence-electron chi connectivity index (χ3n) is 6.02. The van der Waals surface area contributed by atoms with Crippen LogP contribution in [0.3, 0.4) is 0 Å². The lowest BCUT2D eigenvalue weighted by molar-refractivity contribution is -0.171. The van der Waals surface area contributed by atoms with E-state index in [0.717, 1.165) is 12.8 Å². The number of nitrogens with one attached hydrogen (secondary N) is 1. The molecule has 2 rings (SSSR count). The molecule has 0 aromatic heterocycles. The lowest BCUT2D eigenvalue weighted by Gasteiger charge is -2.58. The van der Waals surface area contributed by atoms with Gasteiger partial charge >= 0.3 is 0 Å². The fourth-order valence-corrected chi connectivity index (χ4v) is 4.02. The molecular weight excluding hydrogens is 278 g/mol. The molecule has 0 heterocycles. The fraction of sp³-hybridized carbons (Fsp3) is 0.941. The first kappa shape index (κ1) is 17.7. The normalized spacial score (nSPS) is 33.0. The molecule has 0 aliphatic heterocycles. The molecule has 22 heavy (non-hydrogen) atoms. The Morgan fingerprint density at radius 3 is 2.45 bits per heavy atom. The number of hydrogen-bond donors (Lipinski definition) is 3. The molecule has 2 aliphatic carbocycles. The van der Waals surface area contributed by atoms with Crippen molar-refractivity contribution in [1.82, 2.24) is 5.32 Å². The van der Waals surface area contributed by atoms with E-state index in [0.29, 0.717) is 25.5 Å². The lowest BCUT2D eigenvalue weighted by Crippen LogP contribution is -2.76. The van der Waals surface area contributed by atoms with Crippen molar-refractivity contribution in [3.05, 3.63) is 0 Å². The molecule has 0 radical (unpaired) electrons. The Bertz CT molecular complexity index is 393. The molecule has 0 bridgehead atoms. The smallest absolute Gasteiger partial charge is 0.241 e. The van der Waals surface area contributed by atoms with Crippen molar-refractivity contribution in [1.29, 1.82) is 0 Å². The predicted octanol–water partition coefficient (Wildman–Crippen LogP) is 1.54. The second kappa shape index (κ2) is 6.85. The van der Waals surface area contributed by atoms with Gasteiger partial charge in [-0.15, -0.1) is 0 Å². The zero-order valence-corrected chi connectivity index (χ0v) is 14.4. The summed E-state index contributed by atoms with van der Waals surface area (Å²) in [6.07, 6.45) is 6.73. The predicted molar refractivity (Wildman–Crippen MR) is 88.3 cm³/mol.